The predicted octanol–water partition coefficient (Wildman–Crippen LogP) is 1.35. The van der Waals surface area contributed by atoms with Crippen molar-refractivity contribution in [3.8, 4) is 0 Å². The van der Waals surface area contributed by atoms with Gasteiger partial charge in [0.05, 0.1) is 5.69 Å². The summed E-state index contributed by atoms with van der Waals surface area (Å²) in [6.45, 7) is -0.541. The number of ether oxygens (including phenoxy) is 1. The Labute approximate surface area is 128 Å². The summed E-state index contributed by atoms with van der Waals surface area (Å²) in [6.07, 6.45) is 0.608. The minimum Gasteiger partial charge on any atom is -0.454 e. The van der Waals surface area contributed by atoms with Crippen molar-refractivity contribution in [2.24, 2.45) is 0 Å². The molecule has 0 aliphatic carbocycles. The van der Waals surface area contributed by atoms with Gasteiger partial charge in [-0.25, -0.2) is 9.18 Å². The van der Waals surface area contributed by atoms with Crippen molar-refractivity contribution in [3.63, 3.8) is 0 Å². The molecule has 1 aromatic rings. The van der Waals surface area contributed by atoms with Crippen molar-refractivity contribution in [1.29, 1.82) is 0 Å². The van der Waals surface area contributed by atoms with Crippen molar-refractivity contribution in [1.82, 2.24) is 5.32 Å². The number of carbonyl (C=O) groups is 3. The van der Waals surface area contributed by atoms with Crippen LogP contribution >= 0.6 is 15.9 Å². The Hall–Kier alpha value is -1.96. The van der Waals surface area contributed by atoms with Crippen LogP contribution in [-0.2, 0) is 19.1 Å². The van der Waals surface area contributed by atoms with Gasteiger partial charge >= 0.3 is 5.97 Å². The van der Waals surface area contributed by atoms with Gasteiger partial charge in [-0.2, -0.15) is 0 Å². The standard InChI is InChI=1S/C13H12BrFN2O4/c14-7-1-2-9(8(15)5-7)16-12(19)6-21-13(20)10-3-4-11(18)17-10/h1-2,5,10H,3-4,6H2,(H,16,19)(H,17,18)/t10-/m0/s1. The lowest BCUT2D eigenvalue weighted by Crippen LogP contribution is -2.36. The van der Waals surface area contributed by atoms with E-state index in [2.05, 4.69) is 26.6 Å². The third kappa shape index (κ3) is 4.25. The van der Waals surface area contributed by atoms with E-state index >= 15 is 0 Å². The van der Waals surface area contributed by atoms with Crippen LogP contribution in [0.25, 0.3) is 0 Å². The fourth-order valence-electron chi connectivity index (χ4n) is 1.81. The largest absolute Gasteiger partial charge is 0.454 e. The summed E-state index contributed by atoms with van der Waals surface area (Å²) in [5.74, 6) is -2.16. The highest BCUT2D eigenvalue weighted by Gasteiger charge is 2.28. The molecule has 0 saturated carbocycles. The summed E-state index contributed by atoms with van der Waals surface area (Å²) in [5.41, 5.74) is -0.00609. The zero-order valence-electron chi connectivity index (χ0n) is 10.8. The highest BCUT2D eigenvalue weighted by molar-refractivity contribution is 9.10. The van der Waals surface area contributed by atoms with Crippen LogP contribution in [0.2, 0.25) is 0 Å². The third-order valence-electron chi connectivity index (χ3n) is 2.83. The Morgan fingerprint density at radius 1 is 1.48 bits per heavy atom. The number of benzene rings is 1. The second kappa shape index (κ2) is 6.66. The first-order valence-corrected chi connectivity index (χ1v) is 6.96. The van der Waals surface area contributed by atoms with Crippen LogP contribution in [0.1, 0.15) is 12.8 Å². The summed E-state index contributed by atoms with van der Waals surface area (Å²) in [6, 6.07) is 3.44. The molecule has 0 aromatic heterocycles. The maximum absolute atomic E-state index is 13.5. The van der Waals surface area contributed by atoms with Gasteiger partial charge in [-0.3, -0.25) is 9.59 Å². The van der Waals surface area contributed by atoms with Crippen LogP contribution in [0.3, 0.4) is 0 Å². The van der Waals surface area contributed by atoms with Gasteiger partial charge in [0.25, 0.3) is 5.91 Å². The zero-order chi connectivity index (χ0) is 15.4. The maximum Gasteiger partial charge on any atom is 0.329 e. The SMILES string of the molecule is O=C(COC(=O)[C@@H]1CCC(=O)N1)Nc1ccc(Br)cc1F. The smallest absolute Gasteiger partial charge is 0.329 e. The first-order valence-electron chi connectivity index (χ1n) is 6.16. The average Bonchev–Trinajstić information content (AvgIpc) is 2.86. The quantitative estimate of drug-likeness (QED) is 0.795. The lowest BCUT2D eigenvalue weighted by Gasteiger charge is -2.10. The lowest BCUT2D eigenvalue weighted by atomic mass is 10.2. The Kier molecular flexibility index (Phi) is 4.89. The highest BCUT2D eigenvalue weighted by atomic mass is 79.9. The van der Waals surface area contributed by atoms with Crippen LogP contribution in [-0.4, -0.2) is 30.4 Å². The number of carbonyl (C=O) groups excluding carboxylic acids is 3. The molecule has 0 bridgehead atoms. The van der Waals surface area contributed by atoms with Crippen molar-refractivity contribution >= 4 is 39.4 Å². The van der Waals surface area contributed by atoms with Crippen molar-refractivity contribution in [2.75, 3.05) is 11.9 Å². The molecular formula is C13H12BrFN2O4. The minimum atomic E-state index is -0.713. The monoisotopic (exact) mass is 358 g/mol. The molecule has 1 atom stereocenters. The number of esters is 1. The summed E-state index contributed by atoms with van der Waals surface area (Å²) in [7, 11) is 0. The van der Waals surface area contributed by atoms with E-state index in [1.807, 2.05) is 0 Å². The molecule has 0 spiro atoms. The first kappa shape index (κ1) is 15.4. The number of halogens is 2. The van der Waals surface area contributed by atoms with E-state index in [4.69, 9.17) is 4.74 Å². The lowest BCUT2D eigenvalue weighted by molar-refractivity contribution is -0.149. The Morgan fingerprint density at radius 2 is 2.24 bits per heavy atom. The van der Waals surface area contributed by atoms with Gasteiger partial charge in [0.2, 0.25) is 5.91 Å². The summed E-state index contributed by atoms with van der Waals surface area (Å²) in [5, 5.41) is 4.72. The zero-order valence-corrected chi connectivity index (χ0v) is 12.4. The molecule has 1 fully saturated rings. The second-order valence-corrected chi connectivity index (χ2v) is 5.35. The number of hydrogen-bond donors (Lipinski definition) is 2. The van der Waals surface area contributed by atoms with Crippen LogP contribution in [0.4, 0.5) is 10.1 Å². The minimum absolute atomic E-state index is 0.00609. The van der Waals surface area contributed by atoms with Crippen LogP contribution in [0.15, 0.2) is 22.7 Å². The fourth-order valence-corrected chi connectivity index (χ4v) is 2.14. The number of hydrogen-bond acceptors (Lipinski definition) is 4. The summed E-state index contributed by atoms with van der Waals surface area (Å²) in [4.78, 5) is 34.1. The molecule has 0 unspecified atom stereocenters. The van der Waals surface area contributed by atoms with Gasteiger partial charge in [-0.1, -0.05) is 15.9 Å². The van der Waals surface area contributed by atoms with E-state index in [-0.39, 0.29) is 18.0 Å². The molecule has 1 saturated heterocycles. The molecule has 2 rings (SSSR count). The van der Waals surface area contributed by atoms with Gasteiger partial charge in [0, 0.05) is 10.9 Å². The molecule has 112 valence electrons. The number of nitrogens with one attached hydrogen (secondary N) is 2. The topological polar surface area (TPSA) is 84.5 Å². The maximum atomic E-state index is 13.5. The first-order chi connectivity index (χ1) is 9.95. The van der Waals surface area contributed by atoms with Gasteiger partial charge in [0.1, 0.15) is 11.9 Å². The molecular weight excluding hydrogens is 347 g/mol. The normalized spacial score (nSPS) is 17.2. The van der Waals surface area contributed by atoms with Crippen molar-refractivity contribution < 1.29 is 23.5 Å². The summed E-state index contributed by atoms with van der Waals surface area (Å²) >= 11 is 3.10. The molecule has 1 aliphatic heterocycles. The highest BCUT2D eigenvalue weighted by Crippen LogP contribution is 2.19. The Bertz CT molecular complexity index is 594. The van der Waals surface area contributed by atoms with Crippen molar-refractivity contribution in [2.45, 2.75) is 18.9 Å². The van der Waals surface area contributed by atoms with Gasteiger partial charge in [0.15, 0.2) is 6.61 Å². The molecule has 21 heavy (non-hydrogen) atoms. The molecule has 0 radical (unpaired) electrons. The molecule has 2 amide bonds. The molecule has 1 aliphatic rings. The van der Waals surface area contributed by atoms with Crippen LogP contribution < -0.4 is 10.6 Å². The van der Waals surface area contributed by atoms with Gasteiger partial charge < -0.3 is 15.4 Å². The Balaban J connectivity index is 1.82. The molecule has 6 nitrogen and oxygen atoms in total. The molecule has 1 aromatic carbocycles. The van der Waals surface area contributed by atoms with E-state index in [9.17, 15) is 18.8 Å². The van der Waals surface area contributed by atoms with Crippen molar-refractivity contribution in [3.05, 3.63) is 28.5 Å². The van der Waals surface area contributed by atoms with Gasteiger partial charge in [-0.05, 0) is 24.6 Å². The molecule has 1 heterocycles. The molecule has 8 heteroatoms. The van der Waals surface area contributed by atoms with E-state index in [1.54, 1.807) is 6.07 Å². The number of amides is 2. The predicted molar refractivity (Wildman–Crippen MR) is 74.9 cm³/mol. The number of anilines is 1. The Morgan fingerprint density at radius 3 is 2.86 bits per heavy atom. The molecule has 2 N–H and O–H groups in total. The van der Waals surface area contributed by atoms with Crippen LogP contribution in [0, 0.1) is 5.82 Å². The van der Waals surface area contributed by atoms with E-state index < -0.39 is 30.3 Å². The summed E-state index contributed by atoms with van der Waals surface area (Å²) < 4.78 is 18.8. The fraction of sp³-hybridized carbons (Fsp3) is 0.308. The number of rotatable bonds is 4. The van der Waals surface area contributed by atoms with E-state index in [0.717, 1.165) is 0 Å². The van der Waals surface area contributed by atoms with E-state index in [0.29, 0.717) is 10.9 Å². The van der Waals surface area contributed by atoms with E-state index in [1.165, 1.54) is 12.1 Å². The second-order valence-electron chi connectivity index (χ2n) is 4.44. The van der Waals surface area contributed by atoms with Gasteiger partial charge in [-0.15, -0.1) is 0 Å². The average molecular weight is 359 g/mol. The third-order valence-corrected chi connectivity index (χ3v) is 3.32. The van der Waals surface area contributed by atoms with Crippen LogP contribution in [0.5, 0.6) is 0 Å².